The van der Waals surface area contributed by atoms with Crippen LogP contribution in [0.2, 0.25) is 0 Å². The number of nitrogens with two attached hydrogens (primary N) is 1. The molecule has 3 N–H and O–H groups in total. The lowest BCUT2D eigenvalue weighted by atomic mass is 10.1. The first-order valence-corrected chi connectivity index (χ1v) is 7.09. The third-order valence-corrected chi connectivity index (χ3v) is 3.00. The van der Waals surface area contributed by atoms with E-state index in [1.54, 1.807) is 0 Å². The Morgan fingerprint density at radius 2 is 1.92 bits per heavy atom. The molecule has 2 rings (SSSR count). The van der Waals surface area contributed by atoms with Crippen LogP contribution < -0.4 is 11.1 Å². The highest BCUT2D eigenvalue weighted by Crippen LogP contribution is 2.09. The Labute approximate surface area is 138 Å². The highest BCUT2D eigenvalue weighted by molar-refractivity contribution is 5.95. The maximum absolute atomic E-state index is 13.2. The van der Waals surface area contributed by atoms with Gasteiger partial charge in [0.15, 0.2) is 0 Å². The van der Waals surface area contributed by atoms with Crippen LogP contribution in [-0.2, 0) is 11.3 Å². The number of carbonyl (C=O) groups is 2. The van der Waals surface area contributed by atoms with E-state index in [-0.39, 0.29) is 24.3 Å². The van der Waals surface area contributed by atoms with Gasteiger partial charge in [0, 0.05) is 5.56 Å². The second kappa shape index (κ2) is 8.34. The molecule has 2 aromatic carbocycles. The number of nitrogens with one attached hydrogen (secondary N) is 1. The standard InChI is InChI=1S/C18H15FN2O3/c19-15-8-9-16(17(20)22)14(11-15)7-4-10-21-18(23)24-12-13-5-2-1-3-6-13/h1-3,5-6,8-9,11H,10,12H2,(H2,20,22)(H,21,23). The van der Waals surface area contributed by atoms with Gasteiger partial charge >= 0.3 is 6.09 Å². The largest absolute Gasteiger partial charge is 0.445 e. The fourth-order valence-electron chi connectivity index (χ4n) is 1.86. The Morgan fingerprint density at radius 3 is 2.62 bits per heavy atom. The highest BCUT2D eigenvalue weighted by atomic mass is 19.1. The topological polar surface area (TPSA) is 81.4 Å². The first kappa shape index (κ1) is 17.0. The van der Waals surface area contributed by atoms with Gasteiger partial charge in [-0.2, -0.15) is 0 Å². The van der Waals surface area contributed by atoms with Gasteiger partial charge in [-0.25, -0.2) is 9.18 Å². The summed E-state index contributed by atoms with van der Waals surface area (Å²) in [6.45, 7) is 0.137. The zero-order chi connectivity index (χ0) is 17.4. The summed E-state index contributed by atoms with van der Waals surface area (Å²) in [5.41, 5.74) is 6.35. The number of ether oxygens (including phenoxy) is 1. The molecule has 0 saturated carbocycles. The molecule has 122 valence electrons. The van der Waals surface area contributed by atoms with Gasteiger partial charge in [0.2, 0.25) is 5.91 Å². The number of amides is 2. The van der Waals surface area contributed by atoms with Crippen LogP contribution in [0.15, 0.2) is 48.5 Å². The van der Waals surface area contributed by atoms with E-state index in [1.807, 2.05) is 30.3 Å². The quantitative estimate of drug-likeness (QED) is 0.845. The van der Waals surface area contributed by atoms with Crippen molar-refractivity contribution in [2.75, 3.05) is 6.54 Å². The highest BCUT2D eigenvalue weighted by Gasteiger charge is 2.07. The fraction of sp³-hybridized carbons (Fsp3) is 0.111. The molecule has 24 heavy (non-hydrogen) atoms. The van der Waals surface area contributed by atoms with E-state index < -0.39 is 17.8 Å². The Balaban J connectivity index is 1.86. The van der Waals surface area contributed by atoms with Crippen LogP contribution >= 0.6 is 0 Å². The van der Waals surface area contributed by atoms with Crippen LogP contribution in [0.25, 0.3) is 0 Å². The van der Waals surface area contributed by atoms with Crippen LogP contribution in [0.1, 0.15) is 21.5 Å². The Kier molecular flexibility index (Phi) is 5.92. The molecule has 5 nitrogen and oxygen atoms in total. The number of primary amides is 1. The molecule has 0 aliphatic carbocycles. The van der Waals surface area contributed by atoms with Gasteiger partial charge in [-0.3, -0.25) is 4.79 Å². The molecular formula is C18H15FN2O3. The smallest absolute Gasteiger partial charge is 0.408 e. The van der Waals surface area contributed by atoms with E-state index in [0.717, 1.165) is 17.7 Å². The zero-order valence-electron chi connectivity index (χ0n) is 12.7. The normalized spacial score (nSPS) is 9.54. The summed E-state index contributed by atoms with van der Waals surface area (Å²) in [6, 6.07) is 12.7. The van der Waals surface area contributed by atoms with Crippen LogP contribution in [0, 0.1) is 17.7 Å². The average Bonchev–Trinajstić information content (AvgIpc) is 2.57. The molecule has 0 saturated heterocycles. The van der Waals surface area contributed by atoms with E-state index in [9.17, 15) is 14.0 Å². The minimum Gasteiger partial charge on any atom is -0.445 e. The van der Waals surface area contributed by atoms with E-state index in [0.29, 0.717) is 0 Å². The lowest BCUT2D eigenvalue weighted by Crippen LogP contribution is -2.24. The molecule has 0 atom stereocenters. The van der Waals surface area contributed by atoms with Crippen molar-refractivity contribution in [3.05, 3.63) is 71.0 Å². The summed E-state index contributed by atoms with van der Waals surface area (Å²) in [6.07, 6.45) is -0.623. The van der Waals surface area contributed by atoms with Gasteiger partial charge in [-0.15, -0.1) is 0 Å². The molecule has 0 unspecified atom stereocenters. The SMILES string of the molecule is NC(=O)c1ccc(F)cc1C#CCNC(=O)OCc1ccccc1. The minimum atomic E-state index is -0.700. The number of rotatable bonds is 4. The lowest BCUT2D eigenvalue weighted by Gasteiger charge is -2.04. The third-order valence-electron chi connectivity index (χ3n) is 3.00. The molecule has 0 bridgehead atoms. The zero-order valence-corrected chi connectivity index (χ0v) is 12.7. The molecule has 2 amide bonds. The molecule has 0 spiro atoms. The van der Waals surface area contributed by atoms with E-state index >= 15 is 0 Å². The Bertz CT molecular complexity index is 795. The third kappa shape index (κ3) is 5.14. The predicted octanol–water partition coefficient (Wildman–Crippen LogP) is 2.20. The van der Waals surface area contributed by atoms with Crippen molar-refractivity contribution in [3.8, 4) is 11.8 Å². The van der Waals surface area contributed by atoms with Gasteiger partial charge in [0.25, 0.3) is 0 Å². The van der Waals surface area contributed by atoms with Crippen LogP contribution in [-0.4, -0.2) is 18.5 Å². The number of benzene rings is 2. The van der Waals surface area contributed by atoms with Crippen molar-refractivity contribution in [2.24, 2.45) is 5.73 Å². The van der Waals surface area contributed by atoms with Gasteiger partial charge in [0.05, 0.1) is 12.1 Å². The molecule has 0 aliphatic rings. The fourth-order valence-corrected chi connectivity index (χ4v) is 1.86. The number of halogens is 1. The van der Waals surface area contributed by atoms with Crippen molar-refractivity contribution >= 4 is 12.0 Å². The molecule has 0 fully saturated rings. The van der Waals surface area contributed by atoms with Crippen LogP contribution in [0.4, 0.5) is 9.18 Å². The van der Waals surface area contributed by atoms with Crippen molar-refractivity contribution < 1.29 is 18.7 Å². The monoisotopic (exact) mass is 326 g/mol. The number of hydrogen-bond donors (Lipinski definition) is 2. The molecule has 0 heterocycles. The minimum absolute atomic E-state index is 0.0116. The summed E-state index contributed by atoms with van der Waals surface area (Å²) in [4.78, 5) is 22.8. The molecule has 0 radical (unpaired) electrons. The maximum atomic E-state index is 13.2. The van der Waals surface area contributed by atoms with Crippen LogP contribution in [0.3, 0.4) is 0 Å². The molecular weight excluding hydrogens is 311 g/mol. The summed E-state index contributed by atoms with van der Waals surface area (Å²) in [5, 5.41) is 2.44. The summed E-state index contributed by atoms with van der Waals surface area (Å²) < 4.78 is 18.2. The molecule has 0 aliphatic heterocycles. The Morgan fingerprint density at radius 1 is 1.17 bits per heavy atom. The average molecular weight is 326 g/mol. The first-order chi connectivity index (χ1) is 11.6. The first-order valence-electron chi connectivity index (χ1n) is 7.09. The lowest BCUT2D eigenvalue weighted by molar-refractivity contribution is 0.1000. The van der Waals surface area contributed by atoms with E-state index in [1.165, 1.54) is 6.07 Å². The molecule has 2 aromatic rings. The van der Waals surface area contributed by atoms with E-state index in [4.69, 9.17) is 10.5 Å². The number of hydrogen-bond acceptors (Lipinski definition) is 3. The van der Waals surface area contributed by atoms with Gasteiger partial charge in [-0.1, -0.05) is 42.2 Å². The summed E-state index contributed by atoms with van der Waals surface area (Å²) >= 11 is 0. The maximum Gasteiger partial charge on any atom is 0.408 e. The molecule has 0 aromatic heterocycles. The van der Waals surface area contributed by atoms with Crippen molar-refractivity contribution in [3.63, 3.8) is 0 Å². The van der Waals surface area contributed by atoms with Crippen molar-refractivity contribution in [2.45, 2.75) is 6.61 Å². The number of carbonyl (C=O) groups excluding carboxylic acids is 2. The summed E-state index contributed by atoms with van der Waals surface area (Å²) in [7, 11) is 0. The Hall–Kier alpha value is -3.33. The van der Waals surface area contributed by atoms with Crippen molar-refractivity contribution in [1.82, 2.24) is 5.32 Å². The summed E-state index contributed by atoms with van der Waals surface area (Å²) in [5.74, 6) is 3.99. The second-order valence-corrected chi connectivity index (χ2v) is 4.77. The van der Waals surface area contributed by atoms with Gasteiger partial charge in [0.1, 0.15) is 12.4 Å². The number of alkyl carbamates (subject to hydrolysis) is 1. The second-order valence-electron chi connectivity index (χ2n) is 4.77. The van der Waals surface area contributed by atoms with Gasteiger partial charge in [-0.05, 0) is 23.8 Å². The van der Waals surface area contributed by atoms with Crippen LogP contribution in [0.5, 0.6) is 0 Å². The predicted molar refractivity (Wildman–Crippen MR) is 86.4 cm³/mol. The molecule has 6 heteroatoms. The van der Waals surface area contributed by atoms with Gasteiger partial charge < -0.3 is 15.8 Å². The van der Waals surface area contributed by atoms with E-state index in [2.05, 4.69) is 17.2 Å². The van der Waals surface area contributed by atoms with Crippen molar-refractivity contribution in [1.29, 1.82) is 0 Å².